The standard InChI is InChI=1S/C4H18N10/c5-1(6)2(7,8)14-4(11,12)3(9,10)13-1/h13-14H,5-12H2. The molecule has 0 aliphatic carbocycles. The lowest BCUT2D eigenvalue weighted by atomic mass is 10.0. The Balaban J connectivity index is 3.07. The van der Waals surface area contributed by atoms with Crippen molar-refractivity contribution < 1.29 is 0 Å². The molecule has 1 heterocycles. The summed E-state index contributed by atoms with van der Waals surface area (Å²) in [5.41, 5.74) is 44.3. The summed E-state index contributed by atoms with van der Waals surface area (Å²) in [4.78, 5) is 0. The van der Waals surface area contributed by atoms with Gasteiger partial charge in [-0.05, 0) is 0 Å². The van der Waals surface area contributed by atoms with Crippen molar-refractivity contribution in [3.63, 3.8) is 0 Å². The second kappa shape index (κ2) is 2.59. The van der Waals surface area contributed by atoms with Crippen LogP contribution in [0, 0.1) is 0 Å². The van der Waals surface area contributed by atoms with E-state index >= 15 is 0 Å². The zero-order valence-corrected chi connectivity index (χ0v) is 7.62. The zero-order valence-electron chi connectivity index (χ0n) is 7.62. The van der Waals surface area contributed by atoms with Crippen LogP contribution in [-0.4, -0.2) is 23.1 Å². The molecule has 10 heteroatoms. The van der Waals surface area contributed by atoms with Gasteiger partial charge in [0.05, 0.1) is 0 Å². The molecular formula is C4H18N10. The van der Waals surface area contributed by atoms with E-state index in [1.54, 1.807) is 0 Å². The molecule has 14 heavy (non-hydrogen) atoms. The Labute approximate surface area is 80.6 Å². The van der Waals surface area contributed by atoms with E-state index in [9.17, 15) is 0 Å². The molecule has 0 unspecified atom stereocenters. The molecule has 1 aliphatic heterocycles. The Morgan fingerprint density at radius 1 is 0.429 bits per heavy atom. The van der Waals surface area contributed by atoms with Gasteiger partial charge in [-0.1, -0.05) is 0 Å². The normalized spacial score (nSPS) is 32.6. The van der Waals surface area contributed by atoms with Crippen molar-refractivity contribution in [1.29, 1.82) is 0 Å². The van der Waals surface area contributed by atoms with Gasteiger partial charge in [0, 0.05) is 0 Å². The van der Waals surface area contributed by atoms with Crippen LogP contribution in [0.5, 0.6) is 0 Å². The number of rotatable bonds is 0. The first-order valence-corrected chi connectivity index (χ1v) is 3.81. The minimum absolute atomic E-state index is 1.75. The molecule has 0 aromatic heterocycles. The van der Waals surface area contributed by atoms with E-state index in [1.165, 1.54) is 0 Å². The first kappa shape index (κ1) is 11.7. The topological polar surface area (TPSA) is 232 Å². The van der Waals surface area contributed by atoms with Gasteiger partial charge in [0.2, 0.25) is 0 Å². The van der Waals surface area contributed by atoms with Crippen LogP contribution in [0.4, 0.5) is 0 Å². The van der Waals surface area contributed by atoms with Crippen LogP contribution in [0.3, 0.4) is 0 Å². The summed E-state index contributed by atoms with van der Waals surface area (Å²) in [5.74, 6) is -7.00. The van der Waals surface area contributed by atoms with Crippen LogP contribution in [-0.2, 0) is 0 Å². The van der Waals surface area contributed by atoms with Gasteiger partial charge >= 0.3 is 0 Å². The second-order valence-electron chi connectivity index (χ2n) is 3.73. The SMILES string of the molecule is NC1(N)NC(N)(N)C(N)(N)NC1(N)N. The average molecular weight is 206 g/mol. The lowest BCUT2D eigenvalue weighted by Crippen LogP contribution is -3.05. The van der Waals surface area contributed by atoms with Gasteiger partial charge in [-0.3, -0.25) is 45.9 Å². The largest absolute Gasteiger partial charge is 0.297 e. The predicted octanol–water partition coefficient (Wildman–Crippen LogP) is -6.54. The zero-order chi connectivity index (χ0) is 11.4. The maximum absolute atomic E-state index is 5.54. The predicted molar refractivity (Wildman–Crippen MR) is 50.7 cm³/mol. The van der Waals surface area contributed by atoms with Crippen molar-refractivity contribution in [3.8, 4) is 0 Å². The number of piperazine rings is 1. The van der Waals surface area contributed by atoms with Gasteiger partial charge in [-0.2, -0.15) is 0 Å². The van der Waals surface area contributed by atoms with Gasteiger partial charge in [0.25, 0.3) is 0 Å². The third-order valence-corrected chi connectivity index (χ3v) is 2.20. The summed E-state index contributed by atoms with van der Waals surface area (Å²) >= 11 is 0. The highest BCUT2D eigenvalue weighted by Crippen LogP contribution is 2.14. The Kier molecular flexibility index (Phi) is 2.16. The fraction of sp³-hybridized carbons (Fsp3) is 1.00. The Morgan fingerprint density at radius 3 is 0.714 bits per heavy atom. The molecule has 84 valence electrons. The molecule has 1 saturated heterocycles. The molecule has 0 saturated carbocycles. The molecule has 1 fully saturated rings. The van der Waals surface area contributed by atoms with Gasteiger partial charge in [-0.15, -0.1) is 0 Å². The summed E-state index contributed by atoms with van der Waals surface area (Å²) in [6.07, 6.45) is 0. The maximum Gasteiger partial charge on any atom is 0.167 e. The highest BCUT2D eigenvalue weighted by molar-refractivity contribution is 5.12. The molecule has 1 rings (SSSR count). The Morgan fingerprint density at radius 2 is 0.571 bits per heavy atom. The summed E-state index contributed by atoms with van der Waals surface area (Å²) < 4.78 is 0. The van der Waals surface area contributed by atoms with Crippen molar-refractivity contribution in [2.75, 3.05) is 0 Å². The van der Waals surface area contributed by atoms with Gasteiger partial charge < -0.3 is 0 Å². The lowest BCUT2D eigenvalue weighted by molar-refractivity contribution is -0.0393. The second-order valence-corrected chi connectivity index (χ2v) is 3.73. The van der Waals surface area contributed by atoms with E-state index in [2.05, 4.69) is 10.6 Å². The quantitative estimate of drug-likeness (QED) is 0.168. The van der Waals surface area contributed by atoms with Crippen molar-refractivity contribution in [3.05, 3.63) is 0 Å². The van der Waals surface area contributed by atoms with E-state index in [4.69, 9.17) is 45.9 Å². The Hall–Kier alpha value is -0.400. The molecule has 0 amide bonds. The van der Waals surface area contributed by atoms with Crippen molar-refractivity contribution in [1.82, 2.24) is 10.6 Å². The van der Waals surface area contributed by atoms with Crippen molar-refractivity contribution in [2.45, 2.75) is 23.1 Å². The number of nitrogens with one attached hydrogen (secondary N) is 2. The van der Waals surface area contributed by atoms with Crippen molar-refractivity contribution in [2.24, 2.45) is 45.9 Å². The number of hydrogen-bond donors (Lipinski definition) is 10. The van der Waals surface area contributed by atoms with Gasteiger partial charge in [0.15, 0.2) is 23.1 Å². The van der Waals surface area contributed by atoms with E-state index < -0.39 is 23.1 Å². The fourth-order valence-electron chi connectivity index (χ4n) is 1.10. The smallest absolute Gasteiger partial charge is 0.167 e. The summed E-state index contributed by atoms with van der Waals surface area (Å²) in [7, 11) is 0. The van der Waals surface area contributed by atoms with Crippen LogP contribution in [0.1, 0.15) is 0 Å². The lowest BCUT2D eigenvalue weighted by Gasteiger charge is -2.57. The summed E-state index contributed by atoms with van der Waals surface area (Å²) in [6, 6.07) is 0. The van der Waals surface area contributed by atoms with E-state index in [0.717, 1.165) is 0 Å². The van der Waals surface area contributed by atoms with Crippen LogP contribution < -0.4 is 56.5 Å². The fourth-order valence-corrected chi connectivity index (χ4v) is 1.10. The summed E-state index contributed by atoms with van der Waals surface area (Å²) in [6.45, 7) is 0. The maximum atomic E-state index is 5.54. The molecule has 10 nitrogen and oxygen atoms in total. The van der Waals surface area contributed by atoms with Crippen LogP contribution in [0.15, 0.2) is 0 Å². The highest BCUT2D eigenvalue weighted by atomic mass is 15.6. The Bertz CT molecular complexity index is 191. The van der Waals surface area contributed by atoms with Crippen LogP contribution in [0.2, 0.25) is 0 Å². The summed E-state index contributed by atoms with van der Waals surface area (Å²) in [5, 5.41) is 4.72. The van der Waals surface area contributed by atoms with E-state index in [1.807, 2.05) is 0 Å². The van der Waals surface area contributed by atoms with Crippen molar-refractivity contribution >= 4 is 0 Å². The monoisotopic (exact) mass is 206 g/mol. The molecule has 0 bridgehead atoms. The molecule has 0 aromatic carbocycles. The molecule has 1 aliphatic rings. The molecule has 0 aromatic rings. The third-order valence-electron chi connectivity index (χ3n) is 2.20. The third kappa shape index (κ3) is 1.49. The number of nitrogens with two attached hydrogens (primary N) is 8. The van der Waals surface area contributed by atoms with Gasteiger partial charge in [-0.25, -0.2) is 10.6 Å². The highest BCUT2D eigenvalue weighted by Gasteiger charge is 2.58. The molecule has 0 spiro atoms. The average Bonchev–Trinajstić information content (AvgIpc) is 1.78. The first-order valence-electron chi connectivity index (χ1n) is 3.81. The minimum Gasteiger partial charge on any atom is -0.297 e. The van der Waals surface area contributed by atoms with E-state index in [0.29, 0.717) is 0 Å². The molecular weight excluding hydrogens is 188 g/mol. The molecule has 0 radical (unpaired) electrons. The first-order chi connectivity index (χ1) is 5.91. The van der Waals surface area contributed by atoms with Crippen LogP contribution in [0.25, 0.3) is 0 Å². The molecule has 0 atom stereocenters. The van der Waals surface area contributed by atoms with E-state index in [-0.39, 0.29) is 0 Å². The number of hydrogen-bond acceptors (Lipinski definition) is 10. The van der Waals surface area contributed by atoms with Crippen LogP contribution >= 0.6 is 0 Å². The molecule has 18 N–H and O–H groups in total. The minimum atomic E-state index is -1.75. The van der Waals surface area contributed by atoms with Gasteiger partial charge in [0.1, 0.15) is 0 Å².